The van der Waals surface area contributed by atoms with Crippen LogP contribution in [-0.4, -0.2) is 15.0 Å². The van der Waals surface area contributed by atoms with Crippen LogP contribution in [0.1, 0.15) is 31.4 Å². The van der Waals surface area contributed by atoms with E-state index in [4.69, 9.17) is 5.84 Å². The molecule has 108 valence electrons. The van der Waals surface area contributed by atoms with Crippen LogP contribution in [0.3, 0.4) is 0 Å². The molecule has 0 bridgehead atoms. The van der Waals surface area contributed by atoms with Gasteiger partial charge in [-0.25, -0.2) is 13.1 Å². The zero-order chi connectivity index (χ0) is 14.6. The second kappa shape index (κ2) is 6.36. The molecule has 4 N–H and O–H groups in total. The van der Waals surface area contributed by atoms with Gasteiger partial charge >= 0.3 is 0 Å². The van der Waals surface area contributed by atoms with Gasteiger partial charge in [0.25, 0.3) is 0 Å². The van der Waals surface area contributed by atoms with Crippen LogP contribution in [0.5, 0.6) is 0 Å². The van der Waals surface area contributed by atoms with Crippen LogP contribution in [0.4, 0.5) is 5.69 Å². The fourth-order valence-electron chi connectivity index (χ4n) is 2.01. The standard InChI is InChI=1S/C13H23N3O2S/c1-9(2)5-6-15-19(17,18)13-10(3)7-12(16-14)8-11(13)4/h7-9,15-16H,5-6,14H2,1-4H3. The summed E-state index contributed by atoms with van der Waals surface area (Å²) in [5.74, 6) is 5.81. The van der Waals surface area contributed by atoms with Gasteiger partial charge in [0.1, 0.15) is 0 Å². The van der Waals surface area contributed by atoms with E-state index in [0.29, 0.717) is 34.2 Å². The Balaban J connectivity index is 3.01. The minimum Gasteiger partial charge on any atom is -0.324 e. The van der Waals surface area contributed by atoms with E-state index >= 15 is 0 Å². The summed E-state index contributed by atoms with van der Waals surface area (Å²) in [4.78, 5) is 0.343. The van der Waals surface area contributed by atoms with Crippen molar-refractivity contribution in [2.75, 3.05) is 12.0 Å². The molecule has 0 amide bonds. The average molecular weight is 285 g/mol. The maximum Gasteiger partial charge on any atom is 0.241 e. The predicted molar refractivity (Wildman–Crippen MR) is 78.4 cm³/mol. The van der Waals surface area contributed by atoms with Gasteiger partial charge in [-0.3, -0.25) is 5.84 Å². The minimum absolute atomic E-state index is 0.343. The maximum absolute atomic E-state index is 12.3. The van der Waals surface area contributed by atoms with Crippen molar-refractivity contribution in [2.45, 2.75) is 39.0 Å². The Morgan fingerprint density at radius 1 is 1.21 bits per heavy atom. The van der Waals surface area contributed by atoms with Crippen LogP contribution < -0.4 is 16.0 Å². The minimum atomic E-state index is -3.46. The molecule has 6 heteroatoms. The number of anilines is 1. The molecule has 1 aromatic rings. The molecule has 0 heterocycles. The maximum atomic E-state index is 12.3. The smallest absolute Gasteiger partial charge is 0.241 e. The first-order valence-electron chi connectivity index (χ1n) is 6.35. The second-order valence-corrected chi connectivity index (χ2v) is 6.87. The van der Waals surface area contributed by atoms with Gasteiger partial charge in [0.15, 0.2) is 0 Å². The van der Waals surface area contributed by atoms with Crippen molar-refractivity contribution in [1.82, 2.24) is 4.72 Å². The Kier molecular flexibility index (Phi) is 5.34. The SMILES string of the molecule is Cc1cc(NN)cc(C)c1S(=O)(=O)NCCC(C)C. The monoisotopic (exact) mass is 285 g/mol. The molecule has 0 atom stereocenters. The molecule has 0 radical (unpaired) electrons. The van der Waals surface area contributed by atoms with Gasteiger partial charge in [-0.05, 0) is 49.4 Å². The van der Waals surface area contributed by atoms with Gasteiger partial charge in [0.05, 0.1) is 4.90 Å². The Morgan fingerprint density at radius 3 is 2.16 bits per heavy atom. The van der Waals surface area contributed by atoms with Gasteiger partial charge in [-0.2, -0.15) is 0 Å². The molecular weight excluding hydrogens is 262 g/mol. The lowest BCUT2D eigenvalue weighted by Gasteiger charge is -2.14. The molecule has 1 rings (SSSR count). The predicted octanol–water partition coefficient (Wildman–Crippen LogP) is 1.91. The third-order valence-corrected chi connectivity index (χ3v) is 4.68. The Hall–Kier alpha value is -1.11. The normalized spacial score (nSPS) is 11.9. The lowest BCUT2D eigenvalue weighted by atomic mass is 10.1. The Morgan fingerprint density at radius 2 is 1.74 bits per heavy atom. The number of hydrogen-bond acceptors (Lipinski definition) is 4. The number of hydrogen-bond donors (Lipinski definition) is 3. The lowest BCUT2D eigenvalue weighted by Crippen LogP contribution is -2.27. The highest BCUT2D eigenvalue weighted by Gasteiger charge is 2.19. The number of sulfonamides is 1. The number of nitrogen functional groups attached to an aromatic ring is 1. The van der Waals surface area contributed by atoms with Crippen LogP contribution in [-0.2, 0) is 10.0 Å². The summed E-state index contributed by atoms with van der Waals surface area (Å²) in [7, 11) is -3.46. The largest absolute Gasteiger partial charge is 0.324 e. The highest BCUT2D eigenvalue weighted by molar-refractivity contribution is 7.89. The first-order valence-corrected chi connectivity index (χ1v) is 7.83. The van der Waals surface area contributed by atoms with Crippen molar-refractivity contribution in [1.29, 1.82) is 0 Å². The van der Waals surface area contributed by atoms with Gasteiger partial charge < -0.3 is 5.43 Å². The van der Waals surface area contributed by atoms with Gasteiger partial charge in [0.2, 0.25) is 10.0 Å². The summed E-state index contributed by atoms with van der Waals surface area (Å²) in [6.45, 7) is 8.12. The fourth-order valence-corrected chi connectivity index (χ4v) is 3.51. The highest BCUT2D eigenvalue weighted by Crippen LogP contribution is 2.23. The van der Waals surface area contributed by atoms with Crippen LogP contribution in [0.15, 0.2) is 17.0 Å². The van der Waals surface area contributed by atoms with Crippen LogP contribution >= 0.6 is 0 Å². The van der Waals surface area contributed by atoms with Crippen LogP contribution in [0, 0.1) is 19.8 Å². The van der Waals surface area contributed by atoms with Gasteiger partial charge in [-0.1, -0.05) is 13.8 Å². The van der Waals surface area contributed by atoms with E-state index in [1.165, 1.54) is 0 Å². The molecule has 0 aromatic heterocycles. The Bertz CT molecular complexity index is 516. The van der Waals surface area contributed by atoms with E-state index in [-0.39, 0.29) is 0 Å². The molecule has 0 fully saturated rings. The number of rotatable bonds is 6. The number of aryl methyl sites for hydroxylation is 2. The topological polar surface area (TPSA) is 84.2 Å². The summed E-state index contributed by atoms with van der Waals surface area (Å²) >= 11 is 0. The van der Waals surface area contributed by atoms with Crippen molar-refractivity contribution in [3.8, 4) is 0 Å². The van der Waals surface area contributed by atoms with Crippen molar-refractivity contribution in [3.63, 3.8) is 0 Å². The number of nitrogens with one attached hydrogen (secondary N) is 2. The van der Waals surface area contributed by atoms with Crippen molar-refractivity contribution in [2.24, 2.45) is 11.8 Å². The van der Waals surface area contributed by atoms with Crippen molar-refractivity contribution in [3.05, 3.63) is 23.3 Å². The summed E-state index contributed by atoms with van der Waals surface area (Å²) in [5.41, 5.74) is 4.61. The zero-order valence-electron chi connectivity index (χ0n) is 11.9. The summed E-state index contributed by atoms with van der Waals surface area (Å²) in [6.07, 6.45) is 0.819. The molecule has 0 saturated heterocycles. The lowest BCUT2D eigenvalue weighted by molar-refractivity contribution is 0.551. The quantitative estimate of drug-likeness (QED) is 0.550. The summed E-state index contributed by atoms with van der Waals surface area (Å²) in [5, 5.41) is 0. The van der Waals surface area contributed by atoms with Crippen LogP contribution in [0.2, 0.25) is 0 Å². The molecule has 0 aliphatic rings. The molecule has 0 unspecified atom stereocenters. The average Bonchev–Trinajstić information content (AvgIpc) is 2.26. The van der Waals surface area contributed by atoms with E-state index in [0.717, 1.165) is 6.42 Å². The number of benzene rings is 1. The van der Waals surface area contributed by atoms with E-state index in [2.05, 4.69) is 24.0 Å². The van der Waals surface area contributed by atoms with Gasteiger partial charge in [-0.15, -0.1) is 0 Å². The van der Waals surface area contributed by atoms with Crippen molar-refractivity contribution < 1.29 is 8.42 Å². The van der Waals surface area contributed by atoms with E-state index in [1.807, 2.05) is 0 Å². The third-order valence-electron chi connectivity index (χ3n) is 2.91. The van der Waals surface area contributed by atoms with Gasteiger partial charge in [0, 0.05) is 12.2 Å². The fraction of sp³-hybridized carbons (Fsp3) is 0.538. The summed E-state index contributed by atoms with van der Waals surface area (Å²) in [6, 6.07) is 3.45. The molecule has 0 spiro atoms. The molecule has 0 aliphatic heterocycles. The number of hydrazine groups is 1. The molecule has 0 saturated carbocycles. The van der Waals surface area contributed by atoms with E-state index in [9.17, 15) is 8.42 Å². The molecule has 19 heavy (non-hydrogen) atoms. The Labute approximate surface area is 115 Å². The first kappa shape index (κ1) is 15.9. The van der Waals surface area contributed by atoms with Crippen molar-refractivity contribution >= 4 is 15.7 Å². The first-order chi connectivity index (χ1) is 8.77. The van der Waals surface area contributed by atoms with E-state index in [1.54, 1.807) is 26.0 Å². The zero-order valence-corrected chi connectivity index (χ0v) is 12.8. The third kappa shape index (κ3) is 4.19. The van der Waals surface area contributed by atoms with E-state index < -0.39 is 10.0 Å². The molecule has 5 nitrogen and oxygen atoms in total. The number of nitrogens with two attached hydrogens (primary N) is 1. The van der Waals surface area contributed by atoms with Crippen LogP contribution in [0.25, 0.3) is 0 Å². The highest BCUT2D eigenvalue weighted by atomic mass is 32.2. The molecule has 0 aliphatic carbocycles. The molecular formula is C13H23N3O2S. The second-order valence-electron chi connectivity index (χ2n) is 5.16. The molecule has 1 aromatic carbocycles. The summed E-state index contributed by atoms with van der Waals surface area (Å²) < 4.78 is 27.2.